The average Bonchev–Trinajstić information content (AvgIpc) is 2.63. The highest BCUT2D eigenvalue weighted by Crippen LogP contribution is 2.35. The predicted octanol–water partition coefficient (Wildman–Crippen LogP) is 2.40. The lowest BCUT2D eigenvalue weighted by atomic mass is 9.76. The molecule has 26 heavy (non-hydrogen) atoms. The van der Waals surface area contributed by atoms with Gasteiger partial charge in [0.15, 0.2) is 5.60 Å². The van der Waals surface area contributed by atoms with Gasteiger partial charge in [0.25, 0.3) is 5.91 Å². The first-order valence-electron chi connectivity index (χ1n) is 9.02. The van der Waals surface area contributed by atoms with Crippen LogP contribution in [-0.4, -0.2) is 36.1 Å². The number of rotatable bonds is 3. The maximum absolute atomic E-state index is 13.1. The lowest BCUT2D eigenvalue weighted by Gasteiger charge is -2.41. The summed E-state index contributed by atoms with van der Waals surface area (Å²) in [5.41, 5.74) is -1.15. The number of ether oxygens (including phenoxy) is 2. The Morgan fingerprint density at radius 1 is 1.23 bits per heavy atom. The summed E-state index contributed by atoms with van der Waals surface area (Å²) in [7, 11) is 1.33. The Bertz CT molecular complexity index is 735. The molecule has 1 aromatic carbocycles. The van der Waals surface area contributed by atoms with Crippen molar-refractivity contribution in [3.05, 3.63) is 35.4 Å². The van der Waals surface area contributed by atoms with Crippen LogP contribution in [0.3, 0.4) is 0 Å². The second-order valence-corrected chi connectivity index (χ2v) is 7.66. The van der Waals surface area contributed by atoms with Gasteiger partial charge in [0.05, 0.1) is 12.7 Å². The first kappa shape index (κ1) is 18.4. The van der Waals surface area contributed by atoms with Gasteiger partial charge in [-0.1, -0.05) is 25.1 Å². The molecule has 1 aromatic rings. The normalized spacial score (nSPS) is 30.7. The van der Waals surface area contributed by atoms with Gasteiger partial charge in [-0.15, -0.1) is 0 Å². The Kier molecular flexibility index (Phi) is 4.78. The van der Waals surface area contributed by atoms with E-state index in [4.69, 9.17) is 9.47 Å². The Morgan fingerprint density at radius 3 is 2.54 bits per heavy atom. The van der Waals surface area contributed by atoms with Crippen LogP contribution in [0.15, 0.2) is 24.3 Å². The van der Waals surface area contributed by atoms with E-state index < -0.39 is 29.0 Å². The molecule has 1 N–H and O–H groups in total. The van der Waals surface area contributed by atoms with Gasteiger partial charge in [0, 0.05) is 6.42 Å². The molecular weight excluding hydrogens is 334 g/mol. The van der Waals surface area contributed by atoms with E-state index in [1.54, 1.807) is 19.1 Å². The molecule has 0 aromatic heterocycles. The highest BCUT2D eigenvalue weighted by molar-refractivity contribution is 5.99. The van der Waals surface area contributed by atoms with Crippen molar-refractivity contribution in [2.24, 2.45) is 5.92 Å². The van der Waals surface area contributed by atoms with Crippen LogP contribution in [0.4, 0.5) is 0 Å². The third-order valence-electron chi connectivity index (χ3n) is 5.62. The molecule has 3 rings (SSSR count). The van der Waals surface area contributed by atoms with Gasteiger partial charge in [0.1, 0.15) is 5.54 Å². The standard InChI is InChI=1S/C20H25NO5/c1-13-8-10-20(11-9-13,18(24)25-3)21-17(23)19(2)12-14-6-4-5-7-15(14)16(22)26-19/h4-7,13H,8-12H2,1-3H3,(H,21,23). The van der Waals surface area contributed by atoms with Gasteiger partial charge in [0.2, 0.25) is 0 Å². The van der Waals surface area contributed by atoms with E-state index in [1.807, 2.05) is 12.1 Å². The van der Waals surface area contributed by atoms with Gasteiger partial charge < -0.3 is 14.8 Å². The van der Waals surface area contributed by atoms with Crippen molar-refractivity contribution in [3.63, 3.8) is 0 Å². The summed E-state index contributed by atoms with van der Waals surface area (Å²) in [6.07, 6.45) is 2.97. The number of cyclic esters (lactones) is 1. The van der Waals surface area contributed by atoms with Gasteiger partial charge in [-0.25, -0.2) is 9.59 Å². The fourth-order valence-corrected chi connectivity index (χ4v) is 3.84. The fourth-order valence-electron chi connectivity index (χ4n) is 3.84. The van der Waals surface area contributed by atoms with Crippen molar-refractivity contribution in [1.29, 1.82) is 0 Å². The number of carbonyl (C=O) groups is 3. The molecule has 0 radical (unpaired) electrons. The third-order valence-corrected chi connectivity index (χ3v) is 5.62. The summed E-state index contributed by atoms with van der Waals surface area (Å²) in [5, 5.41) is 2.87. The van der Waals surface area contributed by atoms with E-state index in [-0.39, 0.29) is 6.42 Å². The molecule has 140 valence electrons. The number of methoxy groups -OCH3 is 1. The number of hydrogen-bond acceptors (Lipinski definition) is 5. The average molecular weight is 359 g/mol. The van der Waals surface area contributed by atoms with Crippen LogP contribution in [0, 0.1) is 5.92 Å². The molecule has 1 aliphatic carbocycles. The second kappa shape index (κ2) is 6.74. The molecule has 6 heteroatoms. The highest BCUT2D eigenvalue weighted by atomic mass is 16.6. The monoisotopic (exact) mass is 359 g/mol. The lowest BCUT2D eigenvalue weighted by Crippen LogP contribution is -2.63. The molecule has 1 heterocycles. The molecule has 1 amide bonds. The fraction of sp³-hybridized carbons (Fsp3) is 0.550. The Morgan fingerprint density at radius 2 is 1.88 bits per heavy atom. The smallest absolute Gasteiger partial charge is 0.339 e. The topological polar surface area (TPSA) is 81.7 Å². The number of amides is 1. The van der Waals surface area contributed by atoms with E-state index in [2.05, 4.69) is 12.2 Å². The van der Waals surface area contributed by atoms with E-state index in [0.717, 1.165) is 18.4 Å². The molecule has 6 nitrogen and oxygen atoms in total. The summed E-state index contributed by atoms with van der Waals surface area (Å²) >= 11 is 0. The Hall–Kier alpha value is -2.37. The van der Waals surface area contributed by atoms with Crippen molar-refractivity contribution in [2.75, 3.05) is 7.11 Å². The molecule has 1 atom stereocenters. The predicted molar refractivity (Wildman–Crippen MR) is 94.5 cm³/mol. The van der Waals surface area contributed by atoms with Gasteiger partial charge in [-0.05, 0) is 50.2 Å². The second-order valence-electron chi connectivity index (χ2n) is 7.66. The van der Waals surface area contributed by atoms with Crippen LogP contribution in [0.25, 0.3) is 0 Å². The van der Waals surface area contributed by atoms with Crippen LogP contribution >= 0.6 is 0 Å². The van der Waals surface area contributed by atoms with Crippen LogP contribution in [0.2, 0.25) is 0 Å². The van der Waals surface area contributed by atoms with Crippen LogP contribution in [-0.2, 0) is 25.5 Å². The first-order chi connectivity index (χ1) is 12.3. The number of benzene rings is 1. The van der Waals surface area contributed by atoms with Crippen LogP contribution in [0.5, 0.6) is 0 Å². The minimum atomic E-state index is -1.35. The summed E-state index contributed by atoms with van der Waals surface area (Å²) in [6.45, 7) is 3.72. The largest absolute Gasteiger partial charge is 0.467 e. The zero-order chi connectivity index (χ0) is 18.9. The number of nitrogens with one attached hydrogen (secondary N) is 1. The lowest BCUT2D eigenvalue weighted by molar-refractivity contribution is -0.157. The molecule has 1 saturated carbocycles. The maximum atomic E-state index is 13.1. The molecular formula is C20H25NO5. The number of carbonyl (C=O) groups excluding carboxylic acids is 3. The van der Waals surface area contributed by atoms with Crippen LogP contribution < -0.4 is 5.32 Å². The van der Waals surface area contributed by atoms with E-state index in [1.165, 1.54) is 7.11 Å². The zero-order valence-corrected chi connectivity index (χ0v) is 15.5. The van der Waals surface area contributed by atoms with E-state index >= 15 is 0 Å². The minimum absolute atomic E-state index is 0.272. The zero-order valence-electron chi connectivity index (χ0n) is 15.5. The van der Waals surface area contributed by atoms with Gasteiger partial charge in [-0.2, -0.15) is 0 Å². The van der Waals surface area contributed by atoms with Crippen molar-refractivity contribution in [3.8, 4) is 0 Å². The van der Waals surface area contributed by atoms with Crippen molar-refractivity contribution in [2.45, 2.75) is 57.1 Å². The van der Waals surface area contributed by atoms with Gasteiger partial charge >= 0.3 is 11.9 Å². The number of hydrogen-bond donors (Lipinski definition) is 1. The summed E-state index contributed by atoms with van der Waals surface area (Å²) in [4.78, 5) is 37.8. The molecule has 0 spiro atoms. The van der Waals surface area contributed by atoms with Crippen molar-refractivity contribution < 1.29 is 23.9 Å². The molecule has 1 aliphatic heterocycles. The molecule has 2 aliphatic rings. The molecule has 0 saturated heterocycles. The summed E-state index contributed by atoms with van der Waals surface area (Å²) in [6, 6.07) is 7.10. The van der Waals surface area contributed by atoms with E-state index in [0.29, 0.717) is 24.3 Å². The maximum Gasteiger partial charge on any atom is 0.339 e. The Labute approximate surface area is 153 Å². The SMILES string of the molecule is COC(=O)C1(NC(=O)C2(C)Cc3ccccc3C(=O)O2)CCC(C)CC1. The Balaban J connectivity index is 1.84. The van der Waals surface area contributed by atoms with Crippen molar-refractivity contribution >= 4 is 17.8 Å². The quantitative estimate of drug-likeness (QED) is 0.838. The molecule has 0 bridgehead atoms. The number of fused-ring (bicyclic) bond motifs is 1. The van der Waals surface area contributed by atoms with E-state index in [9.17, 15) is 14.4 Å². The van der Waals surface area contributed by atoms with Gasteiger partial charge in [-0.3, -0.25) is 4.79 Å². The number of esters is 2. The highest BCUT2D eigenvalue weighted by Gasteiger charge is 2.49. The summed E-state index contributed by atoms with van der Waals surface area (Å²) < 4.78 is 10.4. The minimum Gasteiger partial charge on any atom is -0.467 e. The first-order valence-corrected chi connectivity index (χ1v) is 9.02. The summed E-state index contributed by atoms with van der Waals surface area (Å²) in [5.74, 6) is -0.919. The van der Waals surface area contributed by atoms with Crippen LogP contribution in [0.1, 0.15) is 55.5 Å². The molecule has 1 unspecified atom stereocenters. The van der Waals surface area contributed by atoms with Crippen molar-refractivity contribution in [1.82, 2.24) is 5.32 Å². The molecule has 1 fully saturated rings. The third kappa shape index (κ3) is 3.20.